The van der Waals surface area contributed by atoms with Gasteiger partial charge in [0.05, 0.1) is 28.5 Å². The molecule has 3 aromatic heterocycles. The fourth-order valence-corrected chi connectivity index (χ4v) is 2.76. The smallest absolute Gasteiger partial charge is 0.404 e. The Morgan fingerprint density at radius 3 is 2.74 bits per heavy atom. The lowest BCUT2D eigenvalue weighted by Crippen LogP contribution is -1.96. The van der Waals surface area contributed by atoms with E-state index in [4.69, 9.17) is 4.42 Å². The van der Waals surface area contributed by atoms with Crippen LogP contribution in [0, 0.1) is 17.0 Å². The molecule has 0 aliphatic carbocycles. The molecule has 134 valence electrons. The van der Waals surface area contributed by atoms with Crippen LogP contribution in [0.15, 0.2) is 69.4 Å². The average molecular weight is 362 g/mol. The molecule has 0 aliphatic heterocycles. The Kier molecular flexibility index (Phi) is 4.17. The molecule has 0 unspecified atom stereocenters. The van der Waals surface area contributed by atoms with Gasteiger partial charge in [0.1, 0.15) is 17.2 Å². The number of furan rings is 1. The minimum Gasteiger partial charge on any atom is -0.404 e. The van der Waals surface area contributed by atoms with Gasteiger partial charge < -0.3 is 4.42 Å². The number of fused-ring (bicyclic) bond motifs is 1. The van der Waals surface area contributed by atoms with Gasteiger partial charge in [-0.15, -0.1) is 0 Å². The predicted molar refractivity (Wildman–Crippen MR) is 97.2 cm³/mol. The van der Waals surface area contributed by atoms with Crippen molar-refractivity contribution in [1.29, 1.82) is 0 Å². The summed E-state index contributed by atoms with van der Waals surface area (Å²) in [6.07, 6.45) is 1.65. The molecule has 9 heteroatoms. The summed E-state index contributed by atoms with van der Waals surface area (Å²) in [7, 11) is 0. The monoisotopic (exact) mass is 362 g/mol. The van der Waals surface area contributed by atoms with Crippen LogP contribution in [0.3, 0.4) is 0 Å². The number of hydrogen-bond acceptors (Lipinski definition) is 7. The van der Waals surface area contributed by atoms with Gasteiger partial charge >= 0.3 is 5.88 Å². The van der Waals surface area contributed by atoms with E-state index in [9.17, 15) is 10.1 Å². The van der Waals surface area contributed by atoms with Gasteiger partial charge in [-0.3, -0.25) is 10.1 Å². The predicted octanol–water partition coefficient (Wildman–Crippen LogP) is 4.51. The number of rotatable bonds is 5. The van der Waals surface area contributed by atoms with E-state index in [1.807, 2.05) is 37.3 Å². The molecule has 0 aliphatic rings. The van der Waals surface area contributed by atoms with Crippen molar-refractivity contribution in [1.82, 2.24) is 14.8 Å². The highest BCUT2D eigenvalue weighted by Crippen LogP contribution is 2.29. The molecule has 0 amide bonds. The Balaban J connectivity index is 1.66. The molecule has 0 fully saturated rings. The molecule has 0 spiro atoms. The molecule has 0 radical (unpaired) electrons. The van der Waals surface area contributed by atoms with Crippen molar-refractivity contribution in [3.8, 4) is 5.69 Å². The van der Waals surface area contributed by atoms with Crippen molar-refractivity contribution < 1.29 is 9.34 Å². The number of azo groups is 1. The van der Waals surface area contributed by atoms with Gasteiger partial charge in [-0.05, 0) is 31.2 Å². The number of hydrogen-bond donors (Lipinski definition) is 0. The second kappa shape index (κ2) is 6.79. The van der Waals surface area contributed by atoms with Crippen LogP contribution in [0.25, 0.3) is 16.7 Å². The van der Waals surface area contributed by atoms with E-state index in [2.05, 4.69) is 20.3 Å². The lowest BCUT2D eigenvalue weighted by Gasteiger charge is -2.02. The Morgan fingerprint density at radius 1 is 1.19 bits per heavy atom. The van der Waals surface area contributed by atoms with Crippen LogP contribution >= 0.6 is 0 Å². The van der Waals surface area contributed by atoms with Crippen molar-refractivity contribution in [3.05, 3.63) is 76.3 Å². The first-order chi connectivity index (χ1) is 13.1. The van der Waals surface area contributed by atoms with Crippen LogP contribution in [0.5, 0.6) is 0 Å². The van der Waals surface area contributed by atoms with Crippen LogP contribution in [0.2, 0.25) is 0 Å². The summed E-state index contributed by atoms with van der Waals surface area (Å²) in [5.74, 6) is 0.0546. The standard InChI is InChI=1S/C18H14N6O3/c1-12-17-15(21-20-11-14-7-8-16(27-14)24(25)26)9-10-19-18(17)23(22-12)13-5-3-2-4-6-13/h2-10H,11H2,1H3. The third-order valence-corrected chi connectivity index (χ3v) is 3.95. The maximum atomic E-state index is 10.7. The average Bonchev–Trinajstić information content (AvgIpc) is 3.28. The van der Waals surface area contributed by atoms with Gasteiger partial charge in [0.2, 0.25) is 0 Å². The van der Waals surface area contributed by atoms with Crippen LogP contribution in [0.1, 0.15) is 11.5 Å². The molecule has 4 aromatic rings. The Bertz CT molecular complexity index is 1150. The number of aryl methyl sites for hydroxylation is 1. The van der Waals surface area contributed by atoms with E-state index in [1.54, 1.807) is 16.9 Å². The summed E-state index contributed by atoms with van der Waals surface area (Å²) < 4.78 is 6.84. The third-order valence-electron chi connectivity index (χ3n) is 3.95. The number of pyridine rings is 1. The Morgan fingerprint density at radius 2 is 2.00 bits per heavy atom. The minimum absolute atomic E-state index is 0.101. The molecule has 0 saturated heterocycles. The van der Waals surface area contributed by atoms with Gasteiger partial charge in [-0.1, -0.05) is 18.2 Å². The van der Waals surface area contributed by atoms with E-state index >= 15 is 0 Å². The van der Waals surface area contributed by atoms with Crippen molar-refractivity contribution >= 4 is 22.6 Å². The van der Waals surface area contributed by atoms with Gasteiger partial charge in [-0.2, -0.15) is 15.3 Å². The molecule has 27 heavy (non-hydrogen) atoms. The van der Waals surface area contributed by atoms with Gasteiger partial charge in [0.15, 0.2) is 5.65 Å². The lowest BCUT2D eigenvalue weighted by molar-refractivity contribution is -0.402. The quantitative estimate of drug-likeness (QED) is 0.294. The number of nitrogens with zero attached hydrogens (tertiary/aromatic N) is 6. The zero-order valence-corrected chi connectivity index (χ0v) is 14.3. The third kappa shape index (κ3) is 3.17. The molecule has 9 nitrogen and oxygen atoms in total. The molecule has 0 N–H and O–H groups in total. The van der Waals surface area contributed by atoms with E-state index < -0.39 is 4.92 Å². The van der Waals surface area contributed by atoms with Gasteiger partial charge in [0, 0.05) is 6.20 Å². The minimum atomic E-state index is -0.589. The van der Waals surface area contributed by atoms with E-state index in [0.717, 1.165) is 16.8 Å². The number of benzene rings is 1. The van der Waals surface area contributed by atoms with E-state index in [1.165, 1.54) is 12.1 Å². The molecular formula is C18H14N6O3. The maximum absolute atomic E-state index is 10.7. The highest BCUT2D eigenvalue weighted by molar-refractivity contribution is 5.90. The Hall–Kier alpha value is -3.88. The first-order valence-corrected chi connectivity index (χ1v) is 8.14. The fraction of sp³-hybridized carbons (Fsp3) is 0.111. The fourth-order valence-electron chi connectivity index (χ4n) is 2.76. The summed E-state index contributed by atoms with van der Waals surface area (Å²) >= 11 is 0. The normalized spacial score (nSPS) is 11.4. The number of para-hydroxylation sites is 1. The van der Waals surface area contributed by atoms with Crippen molar-refractivity contribution in [2.45, 2.75) is 13.5 Å². The van der Waals surface area contributed by atoms with Crippen molar-refractivity contribution in [2.24, 2.45) is 10.2 Å². The molecule has 0 atom stereocenters. The summed E-state index contributed by atoms with van der Waals surface area (Å²) in [5, 5.41) is 24.4. The summed E-state index contributed by atoms with van der Waals surface area (Å²) in [4.78, 5) is 14.5. The molecule has 3 heterocycles. The molecule has 0 saturated carbocycles. The van der Waals surface area contributed by atoms with E-state index in [0.29, 0.717) is 17.1 Å². The van der Waals surface area contributed by atoms with Crippen molar-refractivity contribution in [3.63, 3.8) is 0 Å². The Labute approximate surface area is 153 Å². The van der Waals surface area contributed by atoms with Crippen LogP contribution in [0.4, 0.5) is 11.6 Å². The SMILES string of the molecule is Cc1nn(-c2ccccc2)c2nccc(N=NCc3ccc([N+](=O)[O-])o3)c12. The topological polar surface area (TPSA) is 112 Å². The maximum Gasteiger partial charge on any atom is 0.433 e. The van der Waals surface area contributed by atoms with Crippen LogP contribution < -0.4 is 0 Å². The molecule has 1 aromatic carbocycles. The molecule has 4 rings (SSSR count). The summed E-state index contributed by atoms with van der Waals surface area (Å²) in [6, 6.07) is 14.3. The number of nitro groups is 1. The first-order valence-electron chi connectivity index (χ1n) is 8.14. The van der Waals surface area contributed by atoms with E-state index in [-0.39, 0.29) is 12.4 Å². The van der Waals surface area contributed by atoms with Crippen molar-refractivity contribution in [2.75, 3.05) is 0 Å². The highest BCUT2D eigenvalue weighted by atomic mass is 16.6. The second-order valence-corrected chi connectivity index (χ2v) is 5.76. The number of aromatic nitrogens is 3. The second-order valence-electron chi connectivity index (χ2n) is 5.76. The van der Waals surface area contributed by atoms with Crippen LogP contribution in [-0.4, -0.2) is 19.7 Å². The zero-order valence-electron chi connectivity index (χ0n) is 14.3. The van der Waals surface area contributed by atoms with Crippen LogP contribution in [-0.2, 0) is 6.54 Å². The molecular weight excluding hydrogens is 348 g/mol. The molecule has 0 bridgehead atoms. The highest BCUT2D eigenvalue weighted by Gasteiger charge is 2.14. The first kappa shape index (κ1) is 16.6. The van der Waals surface area contributed by atoms with Gasteiger partial charge in [0.25, 0.3) is 0 Å². The summed E-state index contributed by atoms with van der Waals surface area (Å²) in [5.41, 5.74) is 2.99. The summed E-state index contributed by atoms with van der Waals surface area (Å²) in [6.45, 7) is 1.99. The lowest BCUT2D eigenvalue weighted by atomic mass is 10.2. The zero-order chi connectivity index (χ0) is 18.8. The largest absolute Gasteiger partial charge is 0.433 e. The van der Waals surface area contributed by atoms with Gasteiger partial charge in [-0.25, -0.2) is 9.67 Å².